The molecule has 0 fully saturated rings. The minimum atomic E-state index is -0.661. The zero-order valence-electron chi connectivity index (χ0n) is 16.3. The molecule has 2 rings (SSSR count). The molecule has 0 aliphatic carbocycles. The fourth-order valence-corrected chi connectivity index (χ4v) is 3.17. The maximum Gasteiger partial charge on any atom is 0.223 e. The van der Waals surface area contributed by atoms with Gasteiger partial charge in [-0.25, -0.2) is 0 Å². The molecule has 2 aromatic carbocycles. The van der Waals surface area contributed by atoms with Crippen molar-refractivity contribution in [3.8, 4) is 5.75 Å². The zero-order chi connectivity index (χ0) is 20.9. The molecule has 0 saturated heterocycles. The molecule has 150 valence electrons. The van der Waals surface area contributed by atoms with E-state index in [4.69, 9.17) is 27.9 Å². The van der Waals surface area contributed by atoms with Gasteiger partial charge in [-0.1, -0.05) is 41.4 Å². The summed E-state index contributed by atoms with van der Waals surface area (Å²) in [6.07, 6.45) is 0.0939. The number of carbonyl (C=O) groups is 2. The molecule has 0 aliphatic heterocycles. The molecule has 0 radical (unpaired) electrons. The third-order valence-corrected chi connectivity index (χ3v) is 5.12. The van der Waals surface area contributed by atoms with E-state index in [1.165, 1.54) is 6.92 Å². The lowest BCUT2D eigenvalue weighted by atomic mass is 9.93. The number of hydrogen-bond donors (Lipinski definition) is 2. The molecule has 1 unspecified atom stereocenters. The van der Waals surface area contributed by atoms with Crippen LogP contribution in [0, 0.1) is 0 Å². The monoisotopic (exact) mass is 422 g/mol. The summed E-state index contributed by atoms with van der Waals surface area (Å²) in [6, 6.07) is 12.1. The van der Waals surface area contributed by atoms with E-state index in [9.17, 15) is 9.59 Å². The highest BCUT2D eigenvalue weighted by atomic mass is 35.5. The van der Waals surface area contributed by atoms with E-state index in [1.807, 2.05) is 32.0 Å². The predicted octanol–water partition coefficient (Wildman–Crippen LogP) is 4.62. The summed E-state index contributed by atoms with van der Waals surface area (Å²) in [4.78, 5) is 24.3. The molecular formula is C21H24Cl2N2O3. The Labute approximate surface area is 175 Å². The molecule has 0 spiro atoms. The first-order valence-electron chi connectivity index (χ1n) is 8.80. The fourth-order valence-electron chi connectivity index (χ4n) is 2.88. The summed E-state index contributed by atoms with van der Waals surface area (Å²) in [5, 5.41) is 6.71. The van der Waals surface area contributed by atoms with Crippen LogP contribution in [0.3, 0.4) is 0 Å². The first kappa shape index (κ1) is 22.1. The Morgan fingerprint density at radius 2 is 1.71 bits per heavy atom. The van der Waals surface area contributed by atoms with Crippen molar-refractivity contribution < 1.29 is 14.3 Å². The number of nitrogens with one attached hydrogen (secondary N) is 2. The third-order valence-electron chi connectivity index (χ3n) is 4.38. The van der Waals surface area contributed by atoms with Crippen LogP contribution in [0.1, 0.15) is 44.4 Å². The van der Waals surface area contributed by atoms with Gasteiger partial charge >= 0.3 is 0 Å². The summed E-state index contributed by atoms with van der Waals surface area (Å²) in [5.74, 6) is 0.290. The molecule has 28 heavy (non-hydrogen) atoms. The van der Waals surface area contributed by atoms with Crippen molar-refractivity contribution in [2.24, 2.45) is 0 Å². The number of halogens is 2. The average Bonchev–Trinajstić information content (AvgIpc) is 2.62. The highest BCUT2D eigenvalue weighted by molar-refractivity contribution is 6.42. The maximum absolute atomic E-state index is 12.7. The van der Waals surface area contributed by atoms with Gasteiger partial charge < -0.3 is 15.4 Å². The summed E-state index contributed by atoms with van der Waals surface area (Å²) < 4.78 is 5.16. The SMILES string of the molecule is COc1ccc(C(CC(=O)NC(C)(C)c2ccc(Cl)c(Cl)c2)NC(C)=O)cc1. The second-order valence-corrected chi connectivity index (χ2v) is 7.85. The average molecular weight is 423 g/mol. The van der Waals surface area contributed by atoms with Crippen LogP contribution in [0.2, 0.25) is 10.0 Å². The van der Waals surface area contributed by atoms with Crippen LogP contribution < -0.4 is 15.4 Å². The van der Waals surface area contributed by atoms with Crippen molar-refractivity contribution in [1.82, 2.24) is 10.6 Å². The topological polar surface area (TPSA) is 67.4 Å². The van der Waals surface area contributed by atoms with E-state index >= 15 is 0 Å². The quantitative estimate of drug-likeness (QED) is 0.683. The Morgan fingerprint density at radius 1 is 1.07 bits per heavy atom. The minimum absolute atomic E-state index is 0.0939. The molecule has 0 aliphatic rings. The minimum Gasteiger partial charge on any atom is -0.497 e. The number of ether oxygens (including phenoxy) is 1. The number of benzene rings is 2. The Kier molecular flexibility index (Phi) is 7.33. The van der Waals surface area contributed by atoms with Gasteiger partial charge in [0, 0.05) is 6.92 Å². The van der Waals surface area contributed by atoms with E-state index in [1.54, 1.807) is 31.4 Å². The molecule has 2 N–H and O–H groups in total. The number of amides is 2. The second-order valence-electron chi connectivity index (χ2n) is 7.03. The highest BCUT2D eigenvalue weighted by Gasteiger charge is 2.26. The molecule has 0 saturated carbocycles. The molecule has 7 heteroatoms. The summed E-state index contributed by atoms with van der Waals surface area (Å²) >= 11 is 12.1. The molecule has 0 bridgehead atoms. The Morgan fingerprint density at radius 3 is 2.25 bits per heavy atom. The van der Waals surface area contributed by atoms with E-state index in [2.05, 4.69) is 10.6 Å². The van der Waals surface area contributed by atoms with Crippen molar-refractivity contribution in [2.75, 3.05) is 7.11 Å². The van der Waals surface area contributed by atoms with Crippen molar-refractivity contribution in [2.45, 2.75) is 38.8 Å². The van der Waals surface area contributed by atoms with Crippen LogP contribution in [-0.2, 0) is 15.1 Å². The van der Waals surface area contributed by atoms with Crippen molar-refractivity contribution >= 4 is 35.0 Å². The maximum atomic E-state index is 12.7. The first-order valence-corrected chi connectivity index (χ1v) is 9.55. The van der Waals surface area contributed by atoms with Crippen LogP contribution in [0.4, 0.5) is 0 Å². The highest BCUT2D eigenvalue weighted by Crippen LogP contribution is 2.29. The molecule has 0 aromatic heterocycles. The van der Waals surface area contributed by atoms with E-state index < -0.39 is 11.6 Å². The lowest BCUT2D eigenvalue weighted by Crippen LogP contribution is -2.42. The van der Waals surface area contributed by atoms with Gasteiger partial charge in [-0.2, -0.15) is 0 Å². The number of carbonyl (C=O) groups excluding carboxylic acids is 2. The molecular weight excluding hydrogens is 399 g/mol. The van der Waals surface area contributed by atoms with Crippen molar-refractivity contribution in [3.63, 3.8) is 0 Å². The van der Waals surface area contributed by atoms with Crippen LogP contribution >= 0.6 is 23.2 Å². The van der Waals surface area contributed by atoms with Gasteiger partial charge in [0.1, 0.15) is 5.75 Å². The largest absolute Gasteiger partial charge is 0.497 e. The molecule has 2 aromatic rings. The van der Waals surface area contributed by atoms with Crippen LogP contribution in [0.5, 0.6) is 5.75 Å². The van der Waals surface area contributed by atoms with Gasteiger partial charge in [0.05, 0.1) is 35.2 Å². The third kappa shape index (κ3) is 5.88. The summed E-state index contributed by atoms with van der Waals surface area (Å²) in [7, 11) is 1.58. The van der Waals surface area contributed by atoms with Gasteiger partial charge in [0.15, 0.2) is 0 Å². The van der Waals surface area contributed by atoms with Crippen LogP contribution in [0.25, 0.3) is 0 Å². The van der Waals surface area contributed by atoms with Crippen molar-refractivity contribution in [3.05, 3.63) is 63.6 Å². The molecule has 5 nitrogen and oxygen atoms in total. The fraction of sp³-hybridized carbons (Fsp3) is 0.333. The number of methoxy groups -OCH3 is 1. The predicted molar refractivity (Wildman–Crippen MR) is 112 cm³/mol. The van der Waals surface area contributed by atoms with Crippen molar-refractivity contribution in [1.29, 1.82) is 0 Å². The summed E-state index contributed by atoms with van der Waals surface area (Å²) in [6.45, 7) is 5.19. The molecule has 0 heterocycles. The Balaban J connectivity index is 2.15. The van der Waals surface area contributed by atoms with Gasteiger partial charge in [0.25, 0.3) is 0 Å². The Bertz CT molecular complexity index is 851. The molecule has 1 atom stereocenters. The van der Waals surface area contributed by atoms with Crippen LogP contribution in [-0.4, -0.2) is 18.9 Å². The standard InChI is InChI=1S/C21H24Cl2N2O3/c1-13(26)24-19(14-5-8-16(28-4)9-6-14)12-20(27)25-21(2,3)15-7-10-17(22)18(23)11-15/h5-11,19H,12H2,1-4H3,(H,24,26)(H,25,27). The number of rotatable bonds is 7. The lowest BCUT2D eigenvalue weighted by molar-refractivity contribution is -0.124. The molecule has 2 amide bonds. The van der Waals surface area contributed by atoms with E-state index in [0.717, 1.165) is 11.1 Å². The van der Waals surface area contributed by atoms with Gasteiger partial charge in [-0.05, 0) is 49.2 Å². The Hall–Kier alpha value is -2.24. The number of hydrogen-bond acceptors (Lipinski definition) is 3. The van der Waals surface area contributed by atoms with Crippen LogP contribution in [0.15, 0.2) is 42.5 Å². The lowest BCUT2D eigenvalue weighted by Gasteiger charge is -2.28. The first-order chi connectivity index (χ1) is 13.1. The second kappa shape index (κ2) is 9.30. The van der Waals surface area contributed by atoms with E-state index in [0.29, 0.717) is 15.8 Å². The smallest absolute Gasteiger partial charge is 0.223 e. The van der Waals surface area contributed by atoms with E-state index in [-0.39, 0.29) is 18.2 Å². The zero-order valence-corrected chi connectivity index (χ0v) is 17.8. The van der Waals surface area contributed by atoms with Gasteiger partial charge in [-0.15, -0.1) is 0 Å². The van der Waals surface area contributed by atoms with Gasteiger partial charge in [-0.3, -0.25) is 9.59 Å². The normalized spacial score (nSPS) is 12.2. The van der Waals surface area contributed by atoms with Gasteiger partial charge in [0.2, 0.25) is 11.8 Å². The summed E-state index contributed by atoms with van der Waals surface area (Å²) in [5.41, 5.74) is 0.987.